The molecule has 0 spiro atoms. The fraction of sp³-hybridized carbons (Fsp3) is 0.263. The van der Waals surface area contributed by atoms with E-state index in [2.05, 4.69) is 16.5 Å². The normalized spacial score (nSPS) is 11.1. The zero-order valence-corrected chi connectivity index (χ0v) is 13.4. The SMILES string of the molecule is CCc1nc2cc(C(C)=O)ccc2n1-c1ccc(CCO)cc1. The number of hydrogen-bond donors (Lipinski definition) is 1. The van der Waals surface area contributed by atoms with E-state index in [4.69, 9.17) is 5.11 Å². The minimum Gasteiger partial charge on any atom is -0.396 e. The smallest absolute Gasteiger partial charge is 0.159 e. The van der Waals surface area contributed by atoms with Crippen LogP contribution in [-0.2, 0) is 12.8 Å². The molecule has 0 unspecified atom stereocenters. The minimum absolute atomic E-state index is 0.0489. The fourth-order valence-electron chi connectivity index (χ4n) is 2.82. The number of carbonyl (C=O) groups is 1. The van der Waals surface area contributed by atoms with Gasteiger partial charge in [-0.25, -0.2) is 4.98 Å². The van der Waals surface area contributed by atoms with E-state index in [9.17, 15) is 4.79 Å². The number of Topliss-reactive ketones (excluding diaryl/α,β-unsaturated/α-hetero) is 1. The summed E-state index contributed by atoms with van der Waals surface area (Å²) in [5.41, 5.74) is 4.68. The number of fused-ring (bicyclic) bond motifs is 1. The van der Waals surface area contributed by atoms with Crippen LogP contribution in [0.15, 0.2) is 42.5 Å². The fourth-order valence-corrected chi connectivity index (χ4v) is 2.82. The van der Waals surface area contributed by atoms with Gasteiger partial charge in [-0.1, -0.05) is 19.1 Å². The molecule has 0 aliphatic heterocycles. The average Bonchev–Trinajstić information content (AvgIpc) is 2.93. The molecule has 0 bridgehead atoms. The minimum atomic E-state index is 0.0489. The quantitative estimate of drug-likeness (QED) is 0.736. The standard InChI is InChI=1S/C19H20N2O2/c1-3-19-20-17-12-15(13(2)23)6-9-18(17)21(19)16-7-4-14(5-8-16)10-11-22/h4-9,12,22H,3,10-11H2,1-2H3. The van der Waals surface area contributed by atoms with E-state index in [-0.39, 0.29) is 12.4 Å². The van der Waals surface area contributed by atoms with Crippen molar-refractivity contribution >= 4 is 16.8 Å². The number of aryl methyl sites for hydroxylation is 1. The van der Waals surface area contributed by atoms with Crippen molar-refractivity contribution in [2.45, 2.75) is 26.7 Å². The highest BCUT2D eigenvalue weighted by molar-refractivity contribution is 5.97. The lowest BCUT2D eigenvalue weighted by molar-refractivity contribution is 0.101. The Balaban J connectivity index is 2.13. The van der Waals surface area contributed by atoms with Crippen LogP contribution in [0, 0.1) is 0 Å². The number of aliphatic hydroxyl groups excluding tert-OH is 1. The predicted molar refractivity (Wildman–Crippen MR) is 91.2 cm³/mol. The molecular formula is C19H20N2O2. The number of carbonyl (C=O) groups excluding carboxylic acids is 1. The summed E-state index contributed by atoms with van der Waals surface area (Å²) in [6.45, 7) is 3.80. The molecule has 4 nitrogen and oxygen atoms in total. The van der Waals surface area contributed by atoms with Crippen molar-refractivity contribution < 1.29 is 9.90 Å². The number of aromatic nitrogens is 2. The molecule has 4 heteroatoms. The van der Waals surface area contributed by atoms with Crippen molar-refractivity contribution in [1.29, 1.82) is 0 Å². The van der Waals surface area contributed by atoms with Gasteiger partial charge in [-0.2, -0.15) is 0 Å². The zero-order valence-electron chi connectivity index (χ0n) is 13.4. The third-order valence-corrected chi connectivity index (χ3v) is 4.04. The number of benzene rings is 2. The Kier molecular flexibility index (Phi) is 4.26. The third kappa shape index (κ3) is 2.90. The Morgan fingerprint density at radius 3 is 2.52 bits per heavy atom. The van der Waals surface area contributed by atoms with E-state index in [0.717, 1.165) is 34.5 Å². The Labute approximate surface area is 135 Å². The van der Waals surface area contributed by atoms with E-state index < -0.39 is 0 Å². The second-order valence-electron chi connectivity index (χ2n) is 5.62. The Morgan fingerprint density at radius 1 is 1.17 bits per heavy atom. The van der Waals surface area contributed by atoms with Crippen molar-refractivity contribution in [3.8, 4) is 5.69 Å². The Morgan fingerprint density at radius 2 is 1.91 bits per heavy atom. The maximum Gasteiger partial charge on any atom is 0.159 e. The first-order valence-electron chi connectivity index (χ1n) is 7.86. The molecule has 1 N–H and O–H groups in total. The van der Waals surface area contributed by atoms with E-state index >= 15 is 0 Å². The highest BCUT2D eigenvalue weighted by Gasteiger charge is 2.12. The molecule has 0 saturated heterocycles. The number of aliphatic hydroxyl groups is 1. The summed E-state index contributed by atoms with van der Waals surface area (Å²) in [6, 6.07) is 13.8. The van der Waals surface area contributed by atoms with Crippen LogP contribution in [0.5, 0.6) is 0 Å². The van der Waals surface area contributed by atoms with Crippen molar-refractivity contribution in [2.24, 2.45) is 0 Å². The molecule has 0 radical (unpaired) electrons. The largest absolute Gasteiger partial charge is 0.396 e. The molecule has 118 valence electrons. The molecule has 1 aromatic heterocycles. The lowest BCUT2D eigenvalue weighted by Gasteiger charge is -2.09. The Hall–Kier alpha value is -2.46. The number of imidazole rings is 1. The van der Waals surface area contributed by atoms with Crippen LogP contribution in [-0.4, -0.2) is 27.0 Å². The van der Waals surface area contributed by atoms with Crippen LogP contribution in [0.25, 0.3) is 16.7 Å². The van der Waals surface area contributed by atoms with Gasteiger partial charge in [-0.3, -0.25) is 9.36 Å². The van der Waals surface area contributed by atoms with Gasteiger partial charge in [0.15, 0.2) is 5.78 Å². The van der Waals surface area contributed by atoms with Crippen molar-refractivity contribution in [1.82, 2.24) is 9.55 Å². The molecule has 0 atom stereocenters. The Bertz CT molecular complexity index is 848. The summed E-state index contributed by atoms with van der Waals surface area (Å²) >= 11 is 0. The summed E-state index contributed by atoms with van der Waals surface area (Å²) in [7, 11) is 0. The lowest BCUT2D eigenvalue weighted by Crippen LogP contribution is -2.00. The van der Waals surface area contributed by atoms with Gasteiger partial charge >= 0.3 is 0 Å². The van der Waals surface area contributed by atoms with E-state index in [1.807, 2.05) is 42.5 Å². The second-order valence-corrected chi connectivity index (χ2v) is 5.62. The molecular weight excluding hydrogens is 288 g/mol. The van der Waals surface area contributed by atoms with Gasteiger partial charge in [0.05, 0.1) is 11.0 Å². The van der Waals surface area contributed by atoms with Gasteiger partial charge in [0, 0.05) is 24.3 Å². The molecule has 23 heavy (non-hydrogen) atoms. The first-order valence-corrected chi connectivity index (χ1v) is 7.86. The van der Waals surface area contributed by atoms with Gasteiger partial charge in [0.25, 0.3) is 0 Å². The molecule has 0 aliphatic rings. The summed E-state index contributed by atoms with van der Waals surface area (Å²) in [5.74, 6) is 1.02. The second kappa shape index (κ2) is 6.34. The van der Waals surface area contributed by atoms with Gasteiger partial charge in [0.1, 0.15) is 5.82 Å². The lowest BCUT2D eigenvalue weighted by atomic mass is 10.1. The molecule has 3 rings (SSSR count). The van der Waals surface area contributed by atoms with Crippen molar-refractivity contribution in [2.75, 3.05) is 6.61 Å². The predicted octanol–water partition coefficient (Wildman–Crippen LogP) is 3.33. The van der Waals surface area contributed by atoms with Crippen LogP contribution in [0.1, 0.15) is 35.6 Å². The molecule has 0 aliphatic carbocycles. The van der Waals surface area contributed by atoms with E-state index in [0.29, 0.717) is 12.0 Å². The topological polar surface area (TPSA) is 55.1 Å². The third-order valence-electron chi connectivity index (χ3n) is 4.04. The maximum absolute atomic E-state index is 11.6. The molecule has 1 heterocycles. The number of nitrogens with zero attached hydrogens (tertiary/aromatic N) is 2. The number of ketones is 1. The number of rotatable bonds is 5. The summed E-state index contributed by atoms with van der Waals surface area (Å²) in [4.78, 5) is 16.2. The summed E-state index contributed by atoms with van der Waals surface area (Å²) < 4.78 is 2.13. The maximum atomic E-state index is 11.6. The molecule has 2 aromatic carbocycles. The van der Waals surface area contributed by atoms with Crippen molar-refractivity contribution in [3.05, 3.63) is 59.4 Å². The van der Waals surface area contributed by atoms with E-state index in [1.165, 1.54) is 0 Å². The highest BCUT2D eigenvalue weighted by Crippen LogP contribution is 2.23. The van der Waals surface area contributed by atoms with Crippen LogP contribution in [0.4, 0.5) is 0 Å². The highest BCUT2D eigenvalue weighted by atomic mass is 16.2. The van der Waals surface area contributed by atoms with Gasteiger partial charge in [-0.15, -0.1) is 0 Å². The van der Waals surface area contributed by atoms with Gasteiger partial charge < -0.3 is 5.11 Å². The van der Waals surface area contributed by atoms with Crippen LogP contribution >= 0.6 is 0 Å². The first kappa shape index (κ1) is 15.4. The summed E-state index contributed by atoms with van der Waals surface area (Å²) in [5, 5.41) is 9.02. The van der Waals surface area contributed by atoms with Crippen molar-refractivity contribution in [3.63, 3.8) is 0 Å². The van der Waals surface area contributed by atoms with Gasteiger partial charge in [-0.05, 0) is 49.2 Å². The van der Waals surface area contributed by atoms with Crippen LogP contribution in [0.3, 0.4) is 0 Å². The van der Waals surface area contributed by atoms with Crippen LogP contribution < -0.4 is 0 Å². The average molecular weight is 308 g/mol. The van der Waals surface area contributed by atoms with E-state index in [1.54, 1.807) is 6.92 Å². The first-order chi connectivity index (χ1) is 11.1. The molecule has 0 saturated carbocycles. The number of hydrogen-bond acceptors (Lipinski definition) is 3. The molecule has 0 fully saturated rings. The molecule has 0 amide bonds. The summed E-state index contributed by atoms with van der Waals surface area (Å²) in [6.07, 6.45) is 1.47. The monoisotopic (exact) mass is 308 g/mol. The molecule has 3 aromatic rings. The van der Waals surface area contributed by atoms with Gasteiger partial charge in [0.2, 0.25) is 0 Å². The van der Waals surface area contributed by atoms with Crippen LogP contribution in [0.2, 0.25) is 0 Å². The zero-order chi connectivity index (χ0) is 16.4.